The molecule has 0 saturated carbocycles. The van der Waals surface area contributed by atoms with E-state index in [1.54, 1.807) is 13.0 Å². The summed E-state index contributed by atoms with van der Waals surface area (Å²) in [7, 11) is 0. The van der Waals surface area contributed by atoms with E-state index in [-0.39, 0.29) is 16.9 Å². The number of alkyl halides is 6. The van der Waals surface area contributed by atoms with E-state index in [1.165, 1.54) is 12.1 Å². The van der Waals surface area contributed by atoms with Gasteiger partial charge >= 0.3 is 12.4 Å². The lowest BCUT2D eigenvalue weighted by molar-refractivity contribution is -0.143. The molecular formula is C16H12F6N2OS. The van der Waals surface area contributed by atoms with Gasteiger partial charge < -0.3 is 15.7 Å². The van der Waals surface area contributed by atoms with Gasteiger partial charge in [0.05, 0.1) is 11.1 Å². The number of thiocarbonyl (C=S) groups is 1. The average Bonchev–Trinajstić information content (AvgIpc) is 2.49. The predicted molar refractivity (Wildman–Crippen MR) is 89.1 cm³/mol. The van der Waals surface area contributed by atoms with Gasteiger partial charge in [0.15, 0.2) is 5.11 Å². The number of anilines is 2. The second kappa shape index (κ2) is 7.02. The monoisotopic (exact) mass is 394 g/mol. The number of nitrogens with one attached hydrogen (secondary N) is 2. The smallest absolute Gasteiger partial charge is 0.416 e. The van der Waals surface area contributed by atoms with Crippen LogP contribution >= 0.6 is 12.2 Å². The van der Waals surface area contributed by atoms with Gasteiger partial charge in [-0.15, -0.1) is 0 Å². The van der Waals surface area contributed by atoms with Crippen LogP contribution in [0.5, 0.6) is 5.75 Å². The number of benzene rings is 2. The third-order valence-electron chi connectivity index (χ3n) is 3.31. The van der Waals surface area contributed by atoms with Crippen molar-refractivity contribution in [1.29, 1.82) is 0 Å². The van der Waals surface area contributed by atoms with Crippen molar-refractivity contribution >= 4 is 28.7 Å². The molecule has 0 spiro atoms. The Hall–Kier alpha value is -2.49. The average molecular weight is 394 g/mol. The first-order valence-electron chi connectivity index (χ1n) is 7.03. The van der Waals surface area contributed by atoms with E-state index in [0.29, 0.717) is 23.4 Å². The molecule has 0 bridgehead atoms. The van der Waals surface area contributed by atoms with Gasteiger partial charge in [-0.25, -0.2) is 0 Å². The Balaban J connectivity index is 2.27. The van der Waals surface area contributed by atoms with Crippen LogP contribution < -0.4 is 10.6 Å². The predicted octanol–water partition coefficient (Wildman–Crippen LogP) is 5.55. The second-order valence-corrected chi connectivity index (χ2v) is 5.78. The summed E-state index contributed by atoms with van der Waals surface area (Å²) in [5.74, 6) is -0.0452. The summed E-state index contributed by atoms with van der Waals surface area (Å²) in [5.41, 5.74) is -2.48. The SMILES string of the molecule is Cc1ccc(NC(=S)Nc2cc(C(F)(F)F)cc(C(F)(F)F)c2)cc1O. The molecule has 0 atom stereocenters. The lowest BCUT2D eigenvalue weighted by Crippen LogP contribution is -2.20. The summed E-state index contributed by atoms with van der Waals surface area (Å²) in [4.78, 5) is 0. The summed E-state index contributed by atoms with van der Waals surface area (Å²) in [6, 6.07) is 5.49. The molecule has 0 fully saturated rings. The number of phenolic OH excluding ortho intramolecular Hbond substituents is 1. The van der Waals surface area contributed by atoms with Gasteiger partial charge in [-0.3, -0.25) is 0 Å². The Labute approximate surface area is 149 Å². The zero-order chi connectivity index (χ0) is 19.7. The van der Waals surface area contributed by atoms with E-state index in [1.807, 2.05) is 0 Å². The van der Waals surface area contributed by atoms with Crippen molar-refractivity contribution in [3.8, 4) is 5.75 Å². The molecule has 0 unspecified atom stereocenters. The van der Waals surface area contributed by atoms with E-state index < -0.39 is 29.2 Å². The van der Waals surface area contributed by atoms with Crippen molar-refractivity contribution in [3.05, 3.63) is 53.1 Å². The molecular weight excluding hydrogens is 382 g/mol. The number of phenols is 1. The molecule has 0 radical (unpaired) electrons. The first-order valence-corrected chi connectivity index (χ1v) is 7.44. The standard InChI is InChI=1S/C16H12F6N2OS/c1-8-2-3-11(7-13(8)25)23-14(26)24-12-5-9(15(17,18)19)4-10(6-12)16(20,21)22/h2-7,25H,1H3,(H2,23,24,26). The van der Waals surface area contributed by atoms with Crippen LogP contribution in [0.2, 0.25) is 0 Å². The molecule has 0 aliphatic rings. The van der Waals surface area contributed by atoms with Crippen LogP contribution in [0.25, 0.3) is 0 Å². The molecule has 140 valence electrons. The molecule has 0 heterocycles. The number of halogens is 6. The van der Waals surface area contributed by atoms with Crippen LogP contribution in [0.15, 0.2) is 36.4 Å². The molecule has 0 aliphatic heterocycles. The maximum Gasteiger partial charge on any atom is 0.416 e. The van der Waals surface area contributed by atoms with Crippen molar-refractivity contribution in [2.45, 2.75) is 19.3 Å². The van der Waals surface area contributed by atoms with Gasteiger partial charge in [0.2, 0.25) is 0 Å². The van der Waals surface area contributed by atoms with Gasteiger partial charge in [0.1, 0.15) is 5.75 Å². The summed E-state index contributed by atoms with van der Waals surface area (Å²) in [6.07, 6.45) is -9.90. The van der Waals surface area contributed by atoms with Crippen LogP contribution in [0, 0.1) is 6.92 Å². The molecule has 2 rings (SSSR count). The highest BCUT2D eigenvalue weighted by atomic mass is 32.1. The molecule has 3 N–H and O–H groups in total. The normalized spacial score (nSPS) is 12.0. The summed E-state index contributed by atoms with van der Waals surface area (Å²) >= 11 is 4.90. The van der Waals surface area contributed by atoms with Crippen LogP contribution in [0.3, 0.4) is 0 Å². The number of aryl methyl sites for hydroxylation is 1. The third kappa shape index (κ3) is 5.01. The van der Waals surface area contributed by atoms with E-state index in [2.05, 4.69) is 10.6 Å². The Morgan fingerprint density at radius 2 is 1.35 bits per heavy atom. The lowest BCUT2D eigenvalue weighted by Gasteiger charge is -2.16. The second-order valence-electron chi connectivity index (χ2n) is 5.37. The molecule has 2 aromatic carbocycles. The summed E-state index contributed by atoms with van der Waals surface area (Å²) < 4.78 is 77.0. The Morgan fingerprint density at radius 1 is 0.846 bits per heavy atom. The van der Waals surface area contributed by atoms with Crippen LogP contribution in [-0.2, 0) is 12.4 Å². The van der Waals surface area contributed by atoms with E-state index in [4.69, 9.17) is 12.2 Å². The maximum absolute atomic E-state index is 12.8. The van der Waals surface area contributed by atoms with Crippen LogP contribution in [0.1, 0.15) is 16.7 Å². The number of hydrogen-bond donors (Lipinski definition) is 3. The van der Waals surface area contributed by atoms with Gasteiger partial charge in [-0.1, -0.05) is 6.07 Å². The van der Waals surface area contributed by atoms with Crippen LogP contribution in [-0.4, -0.2) is 10.2 Å². The fourth-order valence-electron chi connectivity index (χ4n) is 2.01. The molecule has 0 aromatic heterocycles. The number of aromatic hydroxyl groups is 1. The molecule has 26 heavy (non-hydrogen) atoms. The van der Waals surface area contributed by atoms with E-state index >= 15 is 0 Å². The van der Waals surface area contributed by atoms with Crippen LogP contribution in [0.4, 0.5) is 37.7 Å². The van der Waals surface area contributed by atoms with Crippen molar-refractivity contribution < 1.29 is 31.4 Å². The van der Waals surface area contributed by atoms with E-state index in [9.17, 15) is 31.4 Å². The highest BCUT2D eigenvalue weighted by Gasteiger charge is 2.37. The molecule has 0 amide bonds. The maximum atomic E-state index is 12.8. The van der Waals surface area contributed by atoms with Gasteiger partial charge in [0, 0.05) is 17.4 Å². The molecule has 0 saturated heterocycles. The lowest BCUT2D eigenvalue weighted by atomic mass is 10.1. The molecule has 3 nitrogen and oxygen atoms in total. The highest BCUT2D eigenvalue weighted by Crippen LogP contribution is 2.37. The first-order chi connectivity index (χ1) is 11.9. The molecule has 2 aromatic rings. The Kier molecular flexibility index (Phi) is 5.36. The fourth-order valence-corrected chi connectivity index (χ4v) is 2.24. The summed E-state index contributed by atoms with van der Waals surface area (Å²) in [5, 5.41) is 14.2. The zero-order valence-corrected chi connectivity index (χ0v) is 13.9. The van der Waals surface area contributed by atoms with Gasteiger partial charge in [0.25, 0.3) is 0 Å². The minimum absolute atomic E-state index is 0.0274. The minimum Gasteiger partial charge on any atom is -0.508 e. The van der Waals surface area contributed by atoms with Crippen molar-refractivity contribution in [3.63, 3.8) is 0 Å². The first kappa shape index (κ1) is 19.8. The Bertz CT molecular complexity index is 800. The largest absolute Gasteiger partial charge is 0.508 e. The van der Waals surface area contributed by atoms with Crippen molar-refractivity contribution in [2.24, 2.45) is 0 Å². The molecule has 10 heteroatoms. The summed E-state index contributed by atoms with van der Waals surface area (Å²) in [6.45, 7) is 1.65. The highest BCUT2D eigenvalue weighted by molar-refractivity contribution is 7.80. The number of rotatable bonds is 2. The zero-order valence-electron chi connectivity index (χ0n) is 13.1. The Morgan fingerprint density at radius 3 is 1.81 bits per heavy atom. The van der Waals surface area contributed by atoms with Gasteiger partial charge in [-0.2, -0.15) is 26.3 Å². The van der Waals surface area contributed by atoms with Crippen molar-refractivity contribution in [1.82, 2.24) is 0 Å². The minimum atomic E-state index is -4.95. The topological polar surface area (TPSA) is 44.3 Å². The number of hydrogen-bond acceptors (Lipinski definition) is 2. The third-order valence-corrected chi connectivity index (χ3v) is 3.52. The van der Waals surface area contributed by atoms with Crippen molar-refractivity contribution in [2.75, 3.05) is 10.6 Å². The quantitative estimate of drug-likeness (QED) is 0.462. The van der Waals surface area contributed by atoms with E-state index in [0.717, 1.165) is 0 Å². The fraction of sp³-hybridized carbons (Fsp3) is 0.188. The van der Waals surface area contributed by atoms with Gasteiger partial charge in [-0.05, 0) is 49.0 Å². The molecule has 0 aliphatic carbocycles.